The zero-order valence-electron chi connectivity index (χ0n) is 9.96. The molecule has 0 spiro atoms. The van der Waals surface area contributed by atoms with Crippen molar-refractivity contribution in [1.82, 2.24) is 0 Å². The molecule has 0 nitrogen and oxygen atoms in total. The zero-order valence-corrected chi connectivity index (χ0v) is 9.96. The third-order valence-electron chi connectivity index (χ3n) is 3.26. The summed E-state index contributed by atoms with van der Waals surface area (Å²) in [6, 6.07) is 0. The summed E-state index contributed by atoms with van der Waals surface area (Å²) in [5, 5.41) is 0. The van der Waals surface area contributed by atoms with Gasteiger partial charge in [0.05, 0.1) is 0 Å². The van der Waals surface area contributed by atoms with Gasteiger partial charge in [-0.15, -0.1) is 6.42 Å². The SMILES string of the molecule is C#C/C(=C(\C)CC)C(C)C1C=CC=CC1. The van der Waals surface area contributed by atoms with Gasteiger partial charge in [-0.2, -0.15) is 0 Å². The Hall–Kier alpha value is -1.22. The Balaban J connectivity index is 2.83. The van der Waals surface area contributed by atoms with E-state index in [2.05, 4.69) is 51.0 Å². The van der Waals surface area contributed by atoms with Gasteiger partial charge < -0.3 is 0 Å². The van der Waals surface area contributed by atoms with Gasteiger partial charge in [0.15, 0.2) is 0 Å². The van der Waals surface area contributed by atoms with Crippen molar-refractivity contribution in [3.8, 4) is 12.3 Å². The minimum absolute atomic E-state index is 0.469. The minimum atomic E-state index is 0.469. The smallest absolute Gasteiger partial charge is 0.00409 e. The van der Waals surface area contributed by atoms with Crippen molar-refractivity contribution in [2.45, 2.75) is 33.6 Å². The first-order chi connectivity index (χ1) is 7.20. The Morgan fingerprint density at radius 1 is 1.53 bits per heavy atom. The van der Waals surface area contributed by atoms with Crippen LogP contribution in [0.5, 0.6) is 0 Å². The monoisotopic (exact) mass is 200 g/mol. The first kappa shape index (κ1) is 11.9. The molecule has 1 rings (SSSR count). The first-order valence-corrected chi connectivity index (χ1v) is 5.70. The van der Waals surface area contributed by atoms with Crippen molar-refractivity contribution in [3.05, 3.63) is 35.5 Å². The highest BCUT2D eigenvalue weighted by Gasteiger charge is 2.18. The topological polar surface area (TPSA) is 0 Å². The molecule has 0 amide bonds. The van der Waals surface area contributed by atoms with Gasteiger partial charge in [0.2, 0.25) is 0 Å². The second-order valence-electron chi connectivity index (χ2n) is 4.19. The van der Waals surface area contributed by atoms with E-state index in [-0.39, 0.29) is 0 Å². The second-order valence-corrected chi connectivity index (χ2v) is 4.19. The third kappa shape index (κ3) is 2.86. The van der Waals surface area contributed by atoms with E-state index in [1.54, 1.807) is 0 Å². The molecule has 0 bridgehead atoms. The van der Waals surface area contributed by atoms with E-state index in [9.17, 15) is 0 Å². The van der Waals surface area contributed by atoms with Crippen LogP contribution in [0, 0.1) is 24.2 Å². The van der Waals surface area contributed by atoms with Crippen molar-refractivity contribution in [3.63, 3.8) is 0 Å². The minimum Gasteiger partial charge on any atom is -0.115 e. The van der Waals surface area contributed by atoms with Crippen LogP contribution in [0.25, 0.3) is 0 Å². The average Bonchev–Trinajstić information content (AvgIpc) is 2.30. The summed E-state index contributed by atoms with van der Waals surface area (Å²) >= 11 is 0. The molecular formula is C15H20. The summed E-state index contributed by atoms with van der Waals surface area (Å²) in [6.45, 7) is 6.55. The van der Waals surface area contributed by atoms with Crippen LogP contribution in [0.1, 0.15) is 33.6 Å². The van der Waals surface area contributed by atoms with Crippen LogP contribution in [-0.2, 0) is 0 Å². The maximum absolute atomic E-state index is 5.61. The zero-order chi connectivity index (χ0) is 11.3. The Labute approximate surface area is 93.8 Å². The molecule has 0 aromatic carbocycles. The quantitative estimate of drug-likeness (QED) is 0.601. The van der Waals surface area contributed by atoms with Crippen molar-refractivity contribution in [2.24, 2.45) is 11.8 Å². The summed E-state index contributed by atoms with van der Waals surface area (Å²) in [4.78, 5) is 0. The molecule has 1 aliphatic carbocycles. The predicted octanol–water partition coefficient (Wildman–Crippen LogP) is 4.11. The molecule has 0 heterocycles. The van der Waals surface area contributed by atoms with E-state index < -0.39 is 0 Å². The second kappa shape index (κ2) is 5.61. The largest absolute Gasteiger partial charge is 0.115 e. The molecule has 1 aliphatic rings. The Kier molecular flexibility index (Phi) is 4.43. The molecule has 0 saturated heterocycles. The molecule has 0 aliphatic heterocycles. The normalized spacial score (nSPS) is 23.2. The van der Waals surface area contributed by atoms with Gasteiger partial charge in [0, 0.05) is 5.57 Å². The van der Waals surface area contributed by atoms with Crippen LogP contribution in [0.15, 0.2) is 35.5 Å². The molecule has 2 unspecified atom stereocenters. The highest BCUT2D eigenvalue weighted by molar-refractivity contribution is 5.34. The van der Waals surface area contributed by atoms with Gasteiger partial charge in [-0.25, -0.2) is 0 Å². The highest BCUT2D eigenvalue weighted by Crippen LogP contribution is 2.29. The van der Waals surface area contributed by atoms with Crippen LogP contribution >= 0.6 is 0 Å². The van der Waals surface area contributed by atoms with Gasteiger partial charge in [0.25, 0.3) is 0 Å². The van der Waals surface area contributed by atoms with E-state index in [0.29, 0.717) is 11.8 Å². The summed E-state index contributed by atoms with van der Waals surface area (Å²) < 4.78 is 0. The predicted molar refractivity (Wildman–Crippen MR) is 67.4 cm³/mol. The number of rotatable bonds is 3. The molecular weight excluding hydrogens is 180 g/mol. The maximum atomic E-state index is 5.61. The summed E-state index contributed by atoms with van der Waals surface area (Å²) in [6.07, 6.45) is 16.5. The Morgan fingerprint density at radius 2 is 2.27 bits per heavy atom. The molecule has 0 heteroatoms. The van der Waals surface area contributed by atoms with E-state index in [1.807, 2.05) is 0 Å². The molecule has 0 radical (unpaired) electrons. The van der Waals surface area contributed by atoms with Crippen molar-refractivity contribution >= 4 is 0 Å². The highest BCUT2D eigenvalue weighted by atomic mass is 14.2. The van der Waals surface area contributed by atoms with Crippen LogP contribution in [-0.4, -0.2) is 0 Å². The fourth-order valence-corrected chi connectivity index (χ4v) is 2.02. The summed E-state index contributed by atoms with van der Waals surface area (Å²) in [7, 11) is 0. The van der Waals surface area contributed by atoms with Gasteiger partial charge >= 0.3 is 0 Å². The van der Waals surface area contributed by atoms with E-state index in [0.717, 1.165) is 12.8 Å². The fourth-order valence-electron chi connectivity index (χ4n) is 2.02. The van der Waals surface area contributed by atoms with Crippen molar-refractivity contribution in [1.29, 1.82) is 0 Å². The molecule has 0 saturated carbocycles. The van der Waals surface area contributed by atoms with Gasteiger partial charge in [-0.3, -0.25) is 0 Å². The molecule has 15 heavy (non-hydrogen) atoms. The van der Waals surface area contributed by atoms with Crippen LogP contribution < -0.4 is 0 Å². The lowest BCUT2D eigenvalue weighted by atomic mass is 9.81. The number of allylic oxidation sites excluding steroid dienone is 6. The maximum Gasteiger partial charge on any atom is 0.00409 e. The summed E-state index contributed by atoms with van der Waals surface area (Å²) in [5.74, 6) is 3.91. The fraction of sp³-hybridized carbons (Fsp3) is 0.467. The molecule has 80 valence electrons. The Morgan fingerprint density at radius 3 is 2.73 bits per heavy atom. The molecule has 0 fully saturated rings. The number of hydrogen-bond acceptors (Lipinski definition) is 0. The lowest BCUT2D eigenvalue weighted by Gasteiger charge is -2.23. The van der Waals surface area contributed by atoms with E-state index in [1.165, 1.54) is 11.1 Å². The summed E-state index contributed by atoms with van der Waals surface area (Å²) in [5.41, 5.74) is 2.55. The van der Waals surface area contributed by atoms with Gasteiger partial charge in [-0.1, -0.05) is 49.6 Å². The van der Waals surface area contributed by atoms with Gasteiger partial charge in [-0.05, 0) is 31.6 Å². The standard InChI is InChI=1S/C15H20/c1-5-12(3)15(6-2)13(4)14-10-8-7-9-11-14/h2,7-10,13-14H,5,11H2,1,3-4H3/b15-12-. The van der Waals surface area contributed by atoms with Crippen molar-refractivity contribution < 1.29 is 0 Å². The van der Waals surface area contributed by atoms with E-state index >= 15 is 0 Å². The van der Waals surface area contributed by atoms with Crippen molar-refractivity contribution in [2.75, 3.05) is 0 Å². The first-order valence-electron chi connectivity index (χ1n) is 5.70. The average molecular weight is 200 g/mol. The lowest BCUT2D eigenvalue weighted by molar-refractivity contribution is 0.497. The van der Waals surface area contributed by atoms with Crippen LogP contribution in [0.4, 0.5) is 0 Å². The Bertz CT molecular complexity index is 334. The third-order valence-corrected chi connectivity index (χ3v) is 3.26. The van der Waals surface area contributed by atoms with Crippen LogP contribution in [0.2, 0.25) is 0 Å². The van der Waals surface area contributed by atoms with Crippen LogP contribution in [0.3, 0.4) is 0 Å². The van der Waals surface area contributed by atoms with E-state index in [4.69, 9.17) is 6.42 Å². The lowest BCUT2D eigenvalue weighted by Crippen LogP contribution is -2.13. The van der Waals surface area contributed by atoms with Gasteiger partial charge in [0.1, 0.15) is 0 Å². The number of terminal acetylenes is 1. The molecule has 0 aromatic rings. The molecule has 0 aromatic heterocycles. The molecule has 2 atom stereocenters. The number of hydrogen-bond donors (Lipinski definition) is 0. The molecule has 0 N–H and O–H groups in total.